The van der Waals surface area contributed by atoms with Crippen molar-refractivity contribution in [3.8, 4) is 11.5 Å². The van der Waals surface area contributed by atoms with Gasteiger partial charge in [-0.1, -0.05) is 0 Å². The van der Waals surface area contributed by atoms with Crippen molar-refractivity contribution in [1.82, 2.24) is 20.2 Å². The third-order valence-corrected chi connectivity index (χ3v) is 3.06. The van der Waals surface area contributed by atoms with Crippen LogP contribution in [0.1, 0.15) is 12.1 Å². The second-order valence-corrected chi connectivity index (χ2v) is 4.56. The van der Waals surface area contributed by atoms with E-state index in [1.807, 2.05) is 19.1 Å². The summed E-state index contributed by atoms with van der Waals surface area (Å²) in [4.78, 5) is 10.8. The first kappa shape index (κ1) is 11.2. The Hall–Kier alpha value is -1.95. The van der Waals surface area contributed by atoms with Gasteiger partial charge in [-0.3, -0.25) is 5.10 Å². The van der Waals surface area contributed by atoms with Crippen LogP contribution < -0.4 is 4.90 Å². The molecule has 1 saturated heterocycles. The van der Waals surface area contributed by atoms with E-state index in [9.17, 15) is 5.11 Å². The molecule has 1 fully saturated rings. The molecular formula is C12H15N5O. The average molecular weight is 245 g/mol. The van der Waals surface area contributed by atoms with Crippen LogP contribution in [0.3, 0.4) is 0 Å². The highest BCUT2D eigenvalue weighted by Gasteiger charge is 2.21. The molecule has 0 saturated carbocycles. The lowest BCUT2D eigenvalue weighted by Gasteiger charge is -2.16. The summed E-state index contributed by atoms with van der Waals surface area (Å²) in [6.07, 6.45) is 2.27. The number of aliphatic hydroxyl groups is 1. The molecular weight excluding hydrogens is 230 g/mol. The predicted octanol–water partition coefficient (Wildman–Crippen LogP) is 0.746. The molecule has 1 aliphatic heterocycles. The molecule has 3 rings (SSSR count). The maximum atomic E-state index is 9.55. The number of hydrogen-bond donors (Lipinski definition) is 2. The summed E-state index contributed by atoms with van der Waals surface area (Å²) in [5.74, 6) is 1.45. The van der Waals surface area contributed by atoms with E-state index in [0.717, 1.165) is 30.2 Å². The number of aliphatic hydroxyl groups excluding tert-OH is 1. The third-order valence-electron chi connectivity index (χ3n) is 3.06. The molecule has 2 N–H and O–H groups in total. The van der Waals surface area contributed by atoms with Crippen LogP contribution in [0.15, 0.2) is 18.3 Å². The molecule has 2 aromatic heterocycles. The highest BCUT2D eigenvalue weighted by atomic mass is 16.3. The van der Waals surface area contributed by atoms with Gasteiger partial charge in [-0.15, -0.1) is 0 Å². The maximum absolute atomic E-state index is 9.55. The standard InChI is InChI=1S/C12H15N5O/c1-8-6-10(16-15-8)12-13-4-2-11(14-12)17-5-3-9(18)7-17/h2,4,6,9,18H,3,5,7H2,1H3,(H,15,16)/t9-/m0/s1. The molecule has 1 aliphatic rings. The minimum absolute atomic E-state index is 0.254. The largest absolute Gasteiger partial charge is 0.391 e. The molecule has 0 unspecified atom stereocenters. The van der Waals surface area contributed by atoms with Crippen molar-refractivity contribution in [3.63, 3.8) is 0 Å². The van der Waals surface area contributed by atoms with Crippen molar-refractivity contribution in [2.24, 2.45) is 0 Å². The first-order valence-electron chi connectivity index (χ1n) is 6.01. The zero-order chi connectivity index (χ0) is 12.5. The molecule has 6 heteroatoms. The molecule has 0 aliphatic carbocycles. The topological polar surface area (TPSA) is 77.9 Å². The van der Waals surface area contributed by atoms with E-state index in [1.165, 1.54) is 0 Å². The van der Waals surface area contributed by atoms with Crippen LogP contribution in [0.5, 0.6) is 0 Å². The van der Waals surface area contributed by atoms with Gasteiger partial charge in [0.2, 0.25) is 0 Å². The first-order valence-corrected chi connectivity index (χ1v) is 6.01. The average Bonchev–Trinajstić information content (AvgIpc) is 2.98. The lowest BCUT2D eigenvalue weighted by molar-refractivity contribution is 0.198. The molecule has 94 valence electrons. The Balaban J connectivity index is 1.89. The number of anilines is 1. The molecule has 0 aromatic carbocycles. The van der Waals surface area contributed by atoms with Gasteiger partial charge in [0.25, 0.3) is 0 Å². The zero-order valence-electron chi connectivity index (χ0n) is 10.2. The summed E-state index contributed by atoms with van der Waals surface area (Å²) < 4.78 is 0. The van der Waals surface area contributed by atoms with Crippen LogP contribution in [-0.4, -0.2) is 44.5 Å². The number of H-pyrrole nitrogens is 1. The zero-order valence-corrected chi connectivity index (χ0v) is 10.2. The van der Waals surface area contributed by atoms with Gasteiger partial charge in [-0.25, -0.2) is 9.97 Å². The van der Waals surface area contributed by atoms with E-state index in [2.05, 4.69) is 25.1 Å². The van der Waals surface area contributed by atoms with Gasteiger partial charge in [0, 0.05) is 25.0 Å². The number of nitrogens with zero attached hydrogens (tertiary/aromatic N) is 4. The van der Waals surface area contributed by atoms with E-state index in [-0.39, 0.29) is 6.10 Å². The Kier molecular flexibility index (Phi) is 2.71. The van der Waals surface area contributed by atoms with E-state index < -0.39 is 0 Å². The Morgan fingerprint density at radius 2 is 2.39 bits per heavy atom. The smallest absolute Gasteiger partial charge is 0.182 e. The number of rotatable bonds is 2. The second kappa shape index (κ2) is 4.38. The van der Waals surface area contributed by atoms with Gasteiger partial charge in [0.1, 0.15) is 11.5 Å². The molecule has 2 aromatic rings. The Bertz CT molecular complexity index is 553. The third kappa shape index (κ3) is 2.06. The number of nitrogens with one attached hydrogen (secondary N) is 1. The fraction of sp³-hybridized carbons (Fsp3) is 0.417. The van der Waals surface area contributed by atoms with E-state index >= 15 is 0 Å². The van der Waals surface area contributed by atoms with Gasteiger partial charge in [0.05, 0.1) is 6.10 Å². The maximum Gasteiger partial charge on any atom is 0.182 e. The van der Waals surface area contributed by atoms with E-state index in [1.54, 1.807) is 6.20 Å². The number of aryl methyl sites for hydroxylation is 1. The molecule has 0 bridgehead atoms. The fourth-order valence-corrected chi connectivity index (χ4v) is 2.13. The van der Waals surface area contributed by atoms with Crippen LogP contribution in [0.4, 0.5) is 5.82 Å². The number of aromatic amines is 1. The molecule has 0 amide bonds. The van der Waals surface area contributed by atoms with Crippen molar-refractivity contribution in [2.75, 3.05) is 18.0 Å². The normalized spacial score (nSPS) is 19.4. The van der Waals surface area contributed by atoms with Crippen LogP contribution in [-0.2, 0) is 0 Å². The van der Waals surface area contributed by atoms with Gasteiger partial charge < -0.3 is 10.0 Å². The van der Waals surface area contributed by atoms with E-state index in [4.69, 9.17) is 0 Å². The van der Waals surface area contributed by atoms with Gasteiger partial charge >= 0.3 is 0 Å². The highest BCUT2D eigenvalue weighted by Crippen LogP contribution is 2.20. The first-order chi connectivity index (χ1) is 8.72. The Morgan fingerprint density at radius 1 is 1.50 bits per heavy atom. The minimum atomic E-state index is -0.254. The van der Waals surface area contributed by atoms with Crippen LogP contribution >= 0.6 is 0 Å². The van der Waals surface area contributed by atoms with Crippen molar-refractivity contribution in [1.29, 1.82) is 0 Å². The predicted molar refractivity (Wildman–Crippen MR) is 67.2 cm³/mol. The van der Waals surface area contributed by atoms with Gasteiger partial charge in [-0.05, 0) is 25.5 Å². The SMILES string of the molecule is Cc1cc(-c2nccc(N3CC[C@H](O)C3)n2)n[nH]1. The summed E-state index contributed by atoms with van der Waals surface area (Å²) in [5, 5.41) is 16.6. The molecule has 0 radical (unpaired) electrons. The number of hydrogen-bond acceptors (Lipinski definition) is 5. The fourth-order valence-electron chi connectivity index (χ4n) is 2.13. The summed E-state index contributed by atoms with van der Waals surface area (Å²) in [6.45, 7) is 3.41. The number of β-amino-alcohol motifs (C(OH)–C–C–N with tert-alkyl or cyclic N) is 1. The van der Waals surface area contributed by atoms with Crippen molar-refractivity contribution >= 4 is 5.82 Å². The summed E-state index contributed by atoms with van der Waals surface area (Å²) >= 11 is 0. The summed E-state index contributed by atoms with van der Waals surface area (Å²) in [7, 11) is 0. The second-order valence-electron chi connectivity index (χ2n) is 4.56. The highest BCUT2D eigenvalue weighted by molar-refractivity contribution is 5.53. The molecule has 1 atom stereocenters. The molecule has 3 heterocycles. The monoisotopic (exact) mass is 245 g/mol. The lowest BCUT2D eigenvalue weighted by Crippen LogP contribution is -2.22. The van der Waals surface area contributed by atoms with Gasteiger partial charge in [0.15, 0.2) is 5.82 Å². The van der Waals surface area contributed by atoms with Crippen molar-refractivity contribution in [3.05, 3.63) is 24.0 Å². The van der Waals surface area contributed by atoms with Crippen LogP contribution in [0.25, 0.3) is 11.5 Å². The molecule has 6 nitrogen and oxygen atoms in total. The van der Waals surface area contributed by atoms with Crippen molar-refractivity contribution < 1.29 is 5.11 Å². The van der Waals surface area contributed by atoms with E-state index in [0.29, 0.717) is 12.4 Å². The Labute approximate surface area is 105 Å². The summed E-state index contributed by atoms with van der Waals surface area (Å²) in [5.41, 5.74) is 1.73. The quantitative estimate of drug-likeness (QED) is 0.816. The molecule has 0 spiro atoms. The molecule has 18 heavy (non-hydrogen) atoms. The summed E-state index contributed by atoms with van der Waals surface area (Å²) in [6, 6.07) is 3.78. The number of aromatic nitrogens is 4. The van der Waals surface area contributed by atoms with Crippen molar-refractivity contribution in [2.45, 2.75) is 19.4 Å². The van der Waals surface area contributed by atoms with Gasteiger partial charge in [-0.2, -0.15) is 5.10 Å². The van der Waals surface area contributed by atoms with Crippen LogP contribution in [0.2, 0.25) is 0 Å². The lowest BCUT2D eigenvalue weighted by atomic mass is 10.3. The minimum Gasteiger partial charge on any atom is -0.391 e. The Morgan fingerprint density at radius 3 is 3.06 bits per heavy atom. The van der Waals surface area contributed by atoms with Crippen LogP contribution in [0, 0.1) is 6.92 Å².